The van der Waals surface area contributed by atoms with E-state index < -0.39 is 5.54 Å². The minimum absolute atomic E-state index is 0.137. The second-order valence-electron chi connectivity index (χ2n) is 8.46. The largest absolute Gasteiger partial charge is 0.355 e. The molecule has 2 N–H and O–H groups in total. The van der Waals surface area contributed by atoms with E-state index in [9.17, 15) is 14.4 Å². The molecule has 0 radical (unpaired) electrons. The Bertz CT molecular complexity index is 943. The smallest absolute Gasteiger partial charge is 0.326 e. The van der Waals surface area contributed by atoms with Gasteiger partial charge in [0.1, 0.15) is 5.54 Å². The number of rotatable bonds is 8. The van der Waals surface area contributed by atoms with E-state index in [1.165, 1.54) is 4.90 Å². The molecular formula is C24H30N4O3. The number of nitrogens with one attached hydrogen (secondary N) is 2. The van der Waals surface area contributed by atoms with Gasteiger partial charge in [-0.05, 0) is 42.6 Å². The van der Waals surface area contributed by atoms with Gasteiger partial charge < -0.3 is 10.6 Å². The summed E-state index contributed by atoms with van der Waals surface area (Å²) in [6, 6.07) is 16.3. The number of benzene rings is 2. The summed E-state index contributed by atoms with van der Waals surface area (Å²) < 4.78 is 0. The number of carbonyl (C=O) groups excluding carboxylic acids is 3. The first-order valence-corrected chi connectivity index (χ1v) is 10.5. The van der Waals surface area contributed by atoms with Crippen molar-refractivity contribution in [3.63, 3.8) is 0 Å². The molecule has 3 rings (SSSR count). The van der Waals surface area contributed by atoms with Crippen molar-refractivity contribution in [3.8, 4) is 0 Å². The van der Waals surface area contributed by atoms with Crippen molar-refractivity contribution in [2.45, 2.75) is 32.4 Å². The molecule has 164 valence electrons. The molecule has 0 bridgehead atoms. The Morgan fingerprint density at radius 2 is 1.74 bits per heavy atom. The van der Waals surface area contributed by atoms with Crippen molar-refractivity contribution in [2.75, 3.05) is 20.8 Å². The van der Waals surface area contributed by atoms with Gasteiger partial charge in [-0.15, -0.1) is 0 Å². The van der Waals surface area contributed by atoms with E-state index in [0.29, 0.717) is 18.5 Å². The number of imide groups is 1. The second-order valence-corrected chi connectivity index (χ2v) is 8.46. The Hall–Kier alpha value is -3.19. The molecule has 1 aliphatic heterocycles. The lowest BCUT2D eigenvalue weighted by Gasteiger charge is -2.29. The fourth-order valence-electron chi connectivity index (χ4n) is 4.05. The minimum Gasteiger partial charge on any atom is -0.355 e. The SMILES string of the molecule is CNC(=O)c1ccc(CN(C)CN2C(=O)N[C@](CC(C)C)(c3ccccc3)C2=O)cc1. The molecule has 0 spiro atoms. The highest BCUT2D eigenvalue weighted by Gasteiger charge is 2.52. The average Bonchev–Trinajstić information content (AvgIpc) is 2.98. The van der Waals surface area contributed by atoms with E-state index in [4.69, 9.17) is 0 Å². The molecule has 4 amide bonds. The maximum absolute atomic E-state index is 13.5. The zero-order chi connectivity index (χ0) is 22.6. The first-order chi connectivity index (χ1) is 14.8. The molecule has 1 aliphatic rings. The molecule has 7 nitrogen and oxygen atoms in total. The van der Waals surface area contributed by atoms with Crippen molar-refractivity contribution < 1.29 is 14.4 Å². The van der Waals surface area contributed by atoms with Crippen molar-refractivity contribution in [2.24, 2.45) is 5.92 Å². The number of hydrogen-bond acceptors (Lipinski definition) is 4. The third kappa shape index (κ3) is 4.77. The summed E-state index contributed by atoms with van der Waals surface area (Å²) in [4.78, 5) is 41.2. The molecule has 2 aromatic carbocycles. The number of nitrogens with zero attached hydrogens (tertiary/aromatic N) is 2. The maximum atomic E-state index is 13.5. The van der Waals surface area contributed by atoms with Crippen LogP contribution in [0.4, 0.5) is 4.79 Å². The highest BCUT2D eigenvalue weighted by Crippen LogP contribution is 2.35. The van der Waals surface area contributed by atoms with Crippen LogP contribution in [0.2, 0.25) is 0 Å². The van der Waals surface area contributed by atoms with Gasteiger partial charge in [-0.1, -0.05) is 56.3 Å². The number of carbonyl (C=O) groups is 3. The van der Waals surface area contributed by atoms with Crippen molar-refractivity contribution in [1.29, 1.82) is 0 Å². The molecule has 1 saturated heterocycles. The third-order valence-corrected chi connectivity index (χ3v) is 5.44. The van der Waals surface area contributed by atoms with E-state index in [1.54, 1.807) is 19.2 Å². The van der Waals surface area contributed by atoms with Crippen LogP contribution in [0, 0.1) is 5.92 Å². The maximum Gasteiger partial charge on any atom is 0.326 e. The summed E-state index contributed by atoms with van der Waals surface area (Å²) in [7, 11) is 3.45. The minimum atomic E-state index is -1.04. The first kappa shape index (κ1) is 22.5. The lowest BCUT2D eigenvalue weighted by atomic mass is 9.82. The normalized spacial score (nSPS) is 18.6. The molecule has 1 heterocycles. The van der Waals surface area contributed by atoms with Gasteiger partial charge in [0.15, 0.2) is 0 Å². The van der Waals surface area contributed by atoms with Crippen molar-refractivity contribution >= 4 is 17.8 Å². The van der Waals surface area contributed by atoms with Crippen LogP contribution >= 0.6 is 0 Å². The molecular weight excluding hydrogens is 392 g/mol. The van der Waals surface area contributed by atoms with E-state index in [0.717, 1.165) is 11.1 Å². The van der Waals surface area contributed by atoms with Crippen LogP contribution in [-0.2, 0) is 16.9 Å². The lowest BCUT2D eigenvalue weighted by Crippen LogP contribution is -2.46. The first-order valence-electron chi connectivity index (χ1n) is 10.5. The van der Waals surface area contributed by atoms with E-state index in [1.807, 2.05) is 68.3 Å². The summed E-state index contributed by atoms with van der Waals surface area (Å²) in [5.74, 6) is -0.137. The van der Waals surface area contributed by atoms with Gasteiger partial charge >= 0.3 is 6.03 Å². The Balaban J connectivity index is 1.75. The van der Waals surface area contributed by atoms with E-state index >= 15 is 0 Å². The predicted molar refractivity (Wildman–Crippen MR) is 119 cm³/mol. The molecule has 0 unspecified atom stereocenters. The summed E-state index contributed by atoms with van der Waals surface area (Å²) in [6.07, 6.45) is 0.531. The van der Waals surface area contributed by atoms with Crippen LogP contribution in [0.25, 0.3) is 0 Å². The van der Waals surface area contributed by atoms with Crippen LogP contribution in [0.3, 0.4) is 0 Å². The van der Waals surface area contributed by atoms with E-state index in [2.05, 4.69) is 10.6 Å². The zero-order valence-electron chi connectivity index (χ0n) is 18.5. The summed E-state index contributed by atoms with van der Waals surface area (Å²) >= 11 is 0. The van der Waals surface area contributed by atoms with Crippen LogP contribution in [0.15, 0.2) is 54.6 Å². The summed E-state index contributed by atoms with van der Waals surface area (Å²) in [5, 5.41) is 5.57. The van der Waals surface area contributed by atoms with Crippen molar-refractivity contribution in [1.82, 2.24) is 20.4 Å². The molecule has 2 aromatic rings. The molecule has 0 aliphatic carbocycles. The zero-order valence-corrected chi connectivity index (χ0v) is 18.5. The summed E-state index contributed by atoms with van der Waals surface area (Å²) in [5.41, 5.74) is 1.34. The predicted octanol–water partition coefficient (Wildman–Crippen LogP) is 2.93. The molecule has 0 aromatic heterocycles. The van der Waals surface area contributed by atoms with Gasteiger partial charge in [0, 0.05) is 19.2 Å². The number of hydrogen-bond donors (Lipinski definition) is 2. The number of urea groups is 1. The Morgan fingerprint density at radius 1 is 1.10 bits per heavy atom. The lowest BCUT2D eigenvalue weighted by molar-refractivity contribution is -0.133. The van der Waals surface area contributed by atoms with Crippen LogP contribution in [-0.4, -0.2) is 48.4 Å². The van der Waals surface area contributed by atoms with Crippen LogP contribution < -0.4 is 10.6 Å². The standard InChI is InChI=1S/C24H30N4O3/c1-17(2)14-24(20-8-6-5-7-9-20)22(30)28(23(31)26-24)16-27(4)15-18-10-12-19(13-11-18)21(29)25-3/h5-13,17H,14-16H2,1-4H3,(H,25,29)(H,26,31)/t24-/m1/s1. The molecule has 0 saturated carbocycles. The van der Waals surface area contributed by atoms with Gasteiger partial charge in [-0.3, -0.25) is 14.5 Å². The van der Waals surface area contributed by atoms with Gasteiger partial charge in [0.25, 0.3) is 11.8 Å². The highest BCUT2D eigenvalue weighted by atomic mass is 16.2. The monoisotopic (exact) mass is 422 g/mol. The van der Waals surface area contributed by atoms with Gasteiger partial charge in [-0.25, -0.2) is 9.69 Å². The van der Waals surface area contributed by atoms with Crippen molar-refractivity contribution in [3.05, 3.63) is 71.3 Å². The Labute approximate surface area is 183 Å². The van der Waals surface area contributed by atoms with Crippen LogP contribution in [0.5, 0.6) is 0 Å². The number of amides is 4. The van der Waals surface area contributed by atoms with Crippen LogP contribution in [0.1, 0.15) is 41.8 Å². The second kappa shape index (κ2) is 9.31. The van der Waals surface area contributed by atoms with Gasteiger partial charge in [-0.2, -0.15) is 0 Å². The van der Waals surface area contributed by atoms with E-state index in [-0.39, 0.29) is 30.4 Å². The Morgan fingerprint density at radius 3 is 2.32 bits per heavy atom. The fraction of sp³-hybridized carbons (Fsp3) is 0.375. The molecule has 1 atom stereocenters. The quantitative estimate of drug-likeness (QED) is 0.641. The fourth-order valence-corrected chi connectivity index (χ4v) is 4.05. The molecule has 7 heteroatoms. The molecule has 31 heavy (non-hydrogen) atoms. The average molecular weight is 423 g/mol. The molecule has 1 fully saturated rings. The third-order valence-electron chi connectivity index (χ3n) is 5.44. The van der Waals surface area contributed by atoms with Gasteiger partial charge in [0.05, 0.1) is 6.67 Å². The summed E-state index contributed by atoms with van der Waals surface area (Å²) in [6.45, 7) is 4.80. The highest BCUT2D eigenvalue weighted by molar-refractivity contribution is 6.07. The Kier molecular flexibility index (Phi) is 6.75. The topological polar surface area (TPSA) is 81.8 Å². The van der Waals surface area contributed by atoms with Gasteiger partial charge in [0.2, 0.25) is 0 Å².